The number of rotatable bonds is 3. The monoisotopic (exact) mass is 492 g/mol. The summed E-state index contributed by atoms with van der Waals surface area (Å²) in [5.74, 6) is -1.55. The number of hydrogen-bond acceptors (Lipinski definition) is 6. The number of nitrogens with zero attached hydrogens (tertiary/aromatic N) is 2. The minimum Gasteiger partial charge on any atom is -0.489 e. The van der Waals surface area contributed by atoms with Gasteiger partial charge in [-0.15, -0.1) is 0 Å². The Labute approximate surface area is 196 Å². The smallest absolute Gasteiger partial charge is 0.276 e. The molecule has 10 nitrogen and oxygen atoms in total. The Hall–Kier alpha value is -2.96. The van der Waals surface area contributed by atoms with E-state index in [1.807, 2.05) is 0 Å². The molecule has 0 bridgehead atoms. The van der Waals surface area contributed by atoms with Gasteiger partial charge in [0, 0.05) is 44.0 Å². The second-order valence-corrected chi connectivity index (χ2v) is 10.7. The Morgan fingerprint density at radius 3 is 2.65 bits per heavy atom. The number of ether oxygens (including phenoxy) is 2. The molecular weight excluding hydrogens is 467 g/mol. The quantitative estimate of drug-likeness (QED) is 0.656. The normalized spacial score (nSPS) is 23.7. The van der Waals surface area contributed by atoms with Crippen LogP contribution in [0.5, 0.6) is 5.75 Å². The molecule has 2 saturated heterocycles. The summed E-state index contributed by atoms with van der Waals surface area (Å²) in [7, 11) is -2.47. The summed E-state index contributed by atoms with van der Waals surface area (Å²) in [6.07, 6.45) is 1.33. The molecule has 2 amide bonds. The Morgan fingerprint density at radius 1 is 1.21 bits per heavy atom. The molecule has 0 aliphatic carbocycles. The number of aromatic nitrogens is 1. The van der Waals surface area contributed by atoms with E-state index in [1.54, 1.807) is 18.9 Å². The van der Waals surface area contributed by atoms with Gasteiger partial charge in [0.25, 0.3) is 5.91 Å². The minimum atomic E-state index is -4.03. The lowest BCUT2D eigenvalue weighted by atomic mass is 10.1. The average Bonchev–Trinajstić information content (AvgIpc) is 3.27. The lowest BCUT2D eigenvalue weighted by Gasteiger charge is -2.29. The Balaban J connectivity index is 1.41. The second kappa shape index (κ2) is 8.36. The molecule has 12 heteroatoms. The third-order valence-corrected chi connectivity index (χ3v) is 7.99. The summed E-state index contributed by atoms with van der Waals surface area (Å²) in [5, 5.41) is 2.67. The zero-order valence-corrected chi connectivity index (χ0v) is 19.5. The summed E-state index contributed by atoms with van der Waals surface area (Å²) < 4.78 is 55.1. The van der Waals surface area contributed by atoms with Crippen molar-refractivity contribution in [3.05, 3.63) is 41.5 Å². The van der Waals surface area contributed by atoms with Gasteiger partial charge in [-0.05, 0) is 30.7 Å². The third-order valence-electron chi connectivity index (χ3n) is 6.51. The number of nitrogens with one attached hydrogen (secondary N) is 2. The molecule has 0 saturated carbocycles. The molecule has 3 aliphatic heterocycles. The summed E-state index contributed by atoms with van der Waals surface area (Å²) in [6, 6.07) is 3.66. The SMILES string of the molecule is Cc1cc(NC(=O)c2c3c(cn2C)S(=O)(=O)N[C@H]2CN(C(=O)C4COC4)C[C@H]2CO3)ccc1F. The molecule has 2 N–H and O–H groups in total. The van der Waals surface area contributed by atoms with Crippen molar-refractivity contribution in [2.75, 3.05) is 38.2 Å². The molecule has 0 unspecified atom stereocenters. The number of amides is 2. The Morgan fingerprint density at radius 2 is 1.97 bits per heavy atom. The fourth-order valence-electron chi connectivity index (χ4n) is 4.53. The number of carbonyl (C=O) groups excluding carboxylic acids is 2. The standard InChI is InChI=1S/C22H25FN4O6S/c1-12-5-15(3-4-16(12)23)24-21(28)19-20-18(8-26(19)2)34(30,31)25-17-7-27(6-13(17)11-33-20)22(29)14-9-32-10-14/h3-5,8,13-14,17,25H,6-7,9-11H2,1-2H3,(H,24,28)/t13-,17-/m0/s1. The maximum Gasteiger partial charge on any atom is 0.276 e. The number of likely N-dealkylation sites (tertiary alicyclic amines) is 1. The lowest BCUT2D eigenvalue weighted by molar-refractivity contribution is -0.149. The van der Waals surface area contributed by atoms with E-state index in [1.165, 1.54) is 29.0 Å². The molecular formula is C22H25FN4O6S. The van der Waals surface area contributed by atoms with Gasteiger partial charge in [-0.3, -0.25) is 9.59 Å². The first-order valence-electron chi connectivity index (χ1n) is 10.9. The van der Waals surface area contributed by atoms with Gasteiger partial charge in [0.2, 0.25) is 15.9 Å². The number of hydrogen-bond donors (Lipinski definition) is 2. The highest BCUT2D eigenvalue weighted by atomic mass is 32.2. The number of sulfonamides is 1. The summed E-state index contributed by atoms with van der Waals surface area (Å²) >= 11 is 0. The van der Waals surface area contributed by atoms with Crippen molar-refractivity contribution in [1.82, 2.24) is 14.2 Å². The summed E-state index contributed by atoms with van der Waals surface area (Å²) in [5.41, 5.74) is 0.761. The van der Waals surface area contributed by atoms with Crippen LogP contribution in [0.15, 0.2) is 29.3 Å². The number of carbonyl (C=O) groups is 2. The molecule has 2 aromatic rings. The third kappa shape index (κ3) is 3.95. The molecule has 4 heterocycles. The number of fused-ring (bicyclic) bond motifs is 2. The van der Waals surface area contributed by atoms with Crippen LogP contribution in [0.3, 0.4) is 0 Å². The molecule has 2 fully saturated rings. The van der Waals surface area contributed by atoms with Gasteiger partial charge in [0.15, 0.2) is 11.4 Å². The predicted molar refractivity (Wildman–Crippen MR) is 118 cm³/mol. The van der Waals surface area contributed by atoms with Crippen LogP contribution >= 0.6 is 0 Å². The highest BCUT2D eigenvalue weighted by Gasteiger charge is 2.44. The highest BCUT2D eigenvalue weighted by Crippen LogP contribution is 2.35. The van der Waals surface area contributed by atoms with Crippen LogP contribution in [0.4, 0.5) is 10.1 Å². The van der Waals surface area contributed by atoms with Crippen molar-refractivity contribution < 1.29 is 31.9 Å². The topological polar surface area (TPSA) is 119 Å². The van der Waals surface area contributed by atoms with E-state index in [4.69, 9.17) is 9.47 Å². The van der Waals surface area contributed by atoms with Crippen molar-refractivity contribution in [1.29, 1.82) is 0 Å². The van der Waals surface area contributed by atoms with E-state index >= 15 is 0 Å². The van der Waals surface area contributed by atoms with E-state index < -0.39 is 27.8 Å². The number of benzene rings is 1. The van der Waals surface area contributed by atoms with E-state index in [0.29, 0.717) is 31.0 Å². The fourth-order valence-corrected chi connectivity index (χ4v) is 6.02. The van der Waals surface area contributed by atoms with Gasteiger partial charge in [0.05, 0.1) is 25.7 Å². The lowest BCUT2D eigenvalue weighted by Crippen LogP contribution is -2.46. The van der Waals surface area contributed by atoms with Crippen LogP contribution < -0.4 is 14.8 Å². The van der Waals surface area contributed by atoms with Crippen molar-refractivity contribution >= 4 is 27.5 Å². The summed E-state index contributed by atoms with van der Waals surface area (Å²) in [4.78, 5) is 27.2. The van der Waals surface area contributed by atoms with Crippen LogP contribution in [-0.4, -0.2) is 68.7 Å². The predicted octanol–water partition coefficient (Wildman–Crippen LogP) is 0.869. The largest absolute Gasteiger partial charge is 0.489 e. The van der Waals surface area contributed by atoms with Gasteiger partial charge >= 0.3 is 0 Å². The van der Waals surface area contributed by atoms with Crippen LogP contribution in [0, 0.1) is 24.6 Å². The van der Waals surface area contributed by atoms with Crippen LogP contribution in [-0.2, 0) is 26.6 Å². The van der Waals surface area contributed by atoms with E-state index in [0.717, 1.165) is 0 Å². The fraction of sp³-hybridized carbons (Fsp3) is 0.455. The van der Waals surface area contributed by atoms with E-state index in [-0.39, 0.29) is 47.2 Å². The Bertz CT molecular complexity index is 1270. The zero-order valence-electron chi connectivity index (χ0n) is 18.7. The van der Waals surface area contributed by atoms with Crippen LogP contribution in [0.25, 0.3) is 0 Å². The zero-order chi connectivity index (χ0) is 24.2. The number of anilines is 1. The van der Waals surface area contributed by atoms with Gasteiger partial charge in [-0.25, -0.2) is 17.5 Å². The first kappa shape index (κ1) is 22.8. The van der Waals surface area contributed by atoms with E-state index in [2.05, 4.69) is 10.0 Å². The van der Waals surface area contributed by atoms with Crippen molar-refractivity contribution in [3.8, 4) is 5.75 Å². The maximum atomic E-state index is 13.6. The van der Waals surface area contributed by atoms with Crippen LogP contribution in [0.2, 0.25) is 0 Å². The molecule has 0 spiro atoms. The maximum absolute atomic E-state index is 13.6. The first-order chi connectivity index (χ1) is 16.1. The van der Waals surface area contributed by atoms with Gasteiger partial charge < -0.3 is 24.3 Å². The molecule has 34 heavy (non-hydrogen) atoms. The average molecular weight is 493 g/mol. The number of halogens is 1. The van der Waals surface area contributed by atoms with Crippen molar-refractivity contribution in [2.24, 2.45) is 18.9 Å². The highest BCUT2D eigenvalue weighted by molar-refractivity contribution is 7.89. The van der Waals surface area contributed by atoms with Crippen molar-refractivity contribution in [2.45, 2.75) is 17.9 Å². The van der Waals surface area contributed by atoms with Gasteiger partial charge in [0.1, 0.15) is 10.7 Å². The molecule has 3 aliphatic rings. The summed E-state index contributed by atoms with van der Waals surface area (Å²) in [6.45, 7) is 3.07. The molecule has 1 aromatic carbocycles. The van der Waals surface area contributed by atoms with Gasteiger partial charge in [-0.1, -0.05) is 0 Å². The van der Waals surface area contributed by atoms with Crippen LogP contribution in [0.1, 0.15) is 16.1 Å². The molecule has 182 valence electrons. The minimum absolute atomic E-state index is 0.0262. The molecule has 5 rings (SSSR count). The Kier molecular flexibility index (Phi) is 5.61. The molecule has 1 aromatic heterocycles. The van der Waals surface area contributed by atoms with E-state index in [9.17, 15) is 22.4 Å². The van der Waals surface area contributed by atoms with Gasteiger partial charge in [-0.2, -0.15) is 0 Å². The molecule has 2 atom stereocenters. The number of aryl methyl sites for hydroxylation is 2. The second-order valence-electron chi connectivity index (χ2n) is 8.98. The van der Waals surface area contributed by atoms with Crippen molar-refractivity contribution in [3.63, 3.8) is 0 Å². The first-order valence-corrected chi connectivity index (χ1v) is 12.4. The molecule has 0 radical (unpaired) electrons.